The second kappa shape index (κ2) is 8.62. The molecule has 0 saturated carbocycles. The molecule has 2 aromatic rings. The van der Waals surface area contributed by atoms with Gasteiger partial charge in [-0.3, -0.25) is 10.3 Å². The third-order valence-corrected chi connectivity index (χ3v) is 7.18. The molecule has 182 valence electrons. The van der Waals surface area contributed by atoms with Crippen molar-refractivity contribution in [1.82, 2.24) is 10.4 Å². The lowest BCUT2D eigenvalue weighted by Crippen LogP contribution is -2.59. The number of hydrogen-bond acceptors (Lipinski definition) is 3. The van der Waals surface area contributed by atoms with Crippen LogP contribution < -0.4 is 5.48 Å². The lowest BCUT2D eigenvalue weighted by atomic mass is 9.86. The molecular weight excluding hydrogens is 518 g/mol. The molecule has 1 atom stereocenters. The summed E-state index contributed by atoms with van der Waals surface area (Å²) >= 11 is 16.7. The Hall–Kier alpha value is -1.94. The average molecular weight is 537 g/mol. The maximum Gasteiger partial charge on any atom is 0.428 e. The van der Waals surface area contributed by atoms with Crippen LogP contribution in [-0.4, -0.2) is 29.2 Å². The fourth-order valence-electron chi connectivity index (χ4n) is 3.97. The van der Waals surface area contributed by atoms with E-state index in [9.17, 15) is 17.6 Å². The first kappa shape index (κ1) is 25.2. The van der Waals surface area contributed by atoms with Crippen molar-refractivity contribution in [3.05, 3.63) is 75.0 Å². The van der Waals surface area contributed by atoms with Crippen molar-refractivity contribution in [1.29, 1.82) is 0 Å². The van der Waals surface area contributed by atoms with Crippen molar-refractivity contribution in [3.8, 4) is 0 Å². The Morgan fingerprint density at radius 2 is 1.65 bits per heavy atom. The van der Waals surface area contributed by atoms with Gasteiger partial charge in [-0.05, 0) is 29.3 Å². The molecule has 1 saturated heterocycles. The first-order valence-corrected chi connectivity index (χ1v) is 11.4. The summed E-state index contributed by atoms with van der Waals surface area (Å²) in [7, 11) is 0. The predicted octanol–water partition coefficient (Wildman–Crippen LogP) is 6.93. The maximum atomic E-state index is 15.3. The Labute approximate surface area is 208 Å². The second-order valence-electron chi connectivity index (χ2n) is 8.64. The van der Waals surface area contributed by atoms with Gasteiger partial charge in [-0.2, -0.15) is 13.2 Å². The lowest BCUT2D eigenvalue weighted by Gasteiger charge is -2.47. The van der Waals surface area contributed by atoms with Crippen molar-refractivity contribution in [2.45, 2.75) is 31.3 Å². The number of thiocarbonyl (C=S) groups is 1. The quantitative estimate of drug-likeness (QED) is 0.260. The van der Waals surface area contributed by atoms with Crippen LogP contribution in [0.4, 0.5) is 22.0 Å². The fourth-order valence-corrected chi connectivity index (χ4v) is 4.58. The van der Waals surface area contributed by atoms with Gasteiger partial charge >= 0.3 is 6.18 Å². The smallest absolute Gasteiger partial charge is 0.359 e. The number of hydroxylamine groups is 1. The Bertz CT molecular complexity index is 1140. The minimum absolute atomic E-state index is 0.00424. The van der Waals surface area contributed by atoms with Crippen LogP contribution >= 0.6 is 35.4 Å². The van der Waals surface area contributed by atoms with E-state index in [1.54, 1.807) is 4.90 Å². The molecule has 0 radical (unpaired) electrons. The number of nitrogens with zero attached hydrogens (tertiary/aromatic N) is 1. The Kier molecular flexibility index (Phi) is 6.38. The van der Waals surface area contributed by atoms with E-state index in [0.29, 0.717) is 16.1 Å². The molecular formula is C23H19Cl2F5N2OS. The summed E-state index contributed by atoms with van der Waals surface area (Å²) in [4.78, 5) is 7.48. The van der Waals surface area contributed by atoms with Gasteiger partial charge < -0.3 is 4.90 Å². The summed E-state index contributed by atoms with van der Waals surface area (Å²) in [5.74, 6) is -0.902. The highest BCUT2D eigenvalue weighted by Gasteiger charge is 2.60. The SMILES string of the molecule is CC(C)C(=S)N1CC(F)(c2ccc(C3=CC(c4cc(Cl)c(F)c(Cl)c4)(C(F)(F)F)ON3)cc2)C1. The summed E-state index contributed by atoms with van der Waals surface area (Å²) in [6, 6.07) is 7.67. The molecule has 1 N–H and O–H groups in total. The zero-order chi connectivity index (χ0) is 25.1. The minimum atomic E-state index is -4.93. The molecule has 2 aromatic carbocycles. The highest BCUT2D eigenvalue weighted by molar-refractivity contribution is 7.80. The van der Waals surface area contributed by atoms with Gasteiger partial charge in [-0.25, -0.2) is 8.78 Å². The van der Waals surface area contributed by atoms with Crippen molar-refractivity contribution in [2.24, 2.45) is 5.92 Å². The lowest BCUT2D eigenvalue weighted by molar-refractivity contribution is -0.269. The highest BCUT2D eigenvalue weighted by Crippen LogP contribution is 2.49. The zero-order valence-electron chi connectivity index (χ0n) is 17.9. The first-order chi connectivity index (χ1) is 15.8. The second-order valence-corrected chi connectivity index (χ2v) is 9.87. The summed E-state index contributed by atoms with van der Waals surface area (Å²) in [5.41, 5.74) is -2.01. The fraction of sp³-hybridized carbons (Fsp3) is 0.348. The zero-order valence-corrected chi connectivity index (χ0v) is 20.3. The molecule has 1 unspecified atom stereocenters. The van der Waals surface area contributed by atoms with E-state index in [-0.39, 0.29) is 24.7 Å². The van der Waals surface area contributed by atoms with E-state index >= 15 is 4.39 Å². The van der Waals surface area contributed by atoms with Crippen LogP contribution in [0.25, 0.3) is 5.70 Å². The van der Waals surface area contributed by atoms with Crippen molar-refractivity contribution < 1.29 is 26.8 Å². The van der Waals surface area contributed by atoms with E-state index < -0.39 is 38.9 Å². The van der Waals surface area contributed by atoms with E-state index in [1.807, 2.05) is 13.8 Å². The van der Waals surface area contributed by atoms with Gasteiger partial charge in [0, 0.05) is 11.5 Å². The maximum absolute atomic E-state index is 15.3. The van der Waals surface area contributed by atoms with Gasteiger partial charge in [0.1, 0.15) is 0 Å². The van der Waals surface area contributed by atoms with Gasteiger partial charge in [-0.1, -0.05) is 73.5 Å². The molecule has 3 nitrogen and oxygen atoms in total. The largest absolute Gasteiger partial charge is 0.428 e. The van der Waals surface area contributed by atoms with Gasteiger partial charge in [0.25, 0.3) is 0 Å². The van der Waals surface area contributed by atoms with Crippen LogP contribution in [0.1, 0.15) is 30.5 Å². The molecule has 0 spiro atoms. The first-order valence-electron chi connectivity index (χ1n) is 10.2. The van der Waals surface area contributed by atoms with Crippen molar-refractivity contribution >= 4 is 46.1 Å². The molecule has 4 rings (SSSR count). The predicted molar refractivity (Wildman–Crippen MR) is 125 cm³/mol. The topological polar surface area (TPSA) is 24.5 Å². The third-order valence-electron chi connectivity index (χ3n) is 5.91. The molecule has 0 bridgehead atoms. The normalized spacial score (nSPS) is 21.8. The molecule has 0 aliphatic carbocycles. The van der Waals surface area contributed by atoms with Crippen molar-refractivity contribution in [3.63, 3.8) is 0 Å². The van der Waals surface area contributed by atoms with E-state index in [4.69, 9.17) is 40.3 Å². The average Bonchev–Trinajstić information content (AvgIpc) is 3.21. The molecule has 0 amide bonds. The van der Waals surface area contributed by atoms with Gasteiger partial charge in [-0.15, -0.1) is 0 Å². The van der Waals surface area contributed by atoms with Crippen LogP contribution in [0.5, 0.6) is 0 Å². The number of halogens is 7. The van der Waals surface area contributed by atoms with E-state index in [1.165, 1.54) is 24.3 Å². The Morgan fingerprint density at radius 1 is 1.09 bits per heavy atom. The molecule has 1 fully saturated rings. The molecule has 2 aliphatic heterocycles. The summed E-state index contributed by atoms with van der Waals surface area (Å²) in [6.07, 6.45) is -4.11. The number of hydrogen-bond donors (Lipinski definition) is 1. The van der Waals surface area contributed by atoms with Crippen LogP contribution in [0.15, 0.2) is 42.5 Å². The molecule has 2 heterocycles. The number of benzene rings is 2. The van der Waals surface area contributed by atoms with Gasteiger partial charge in [0.05, 0.1) is 33.8 Å². The summed E-state index contributed by atoms with van der Waals surface area (Å²) < 4.78 is 71.4. The third kappa shape index (κ3) is 4.17. The van der Waals surface area contributed by atoms with Crippen LogP contribution in [0.2, 0.25) is 10.0 Å². The van der Waals surface area contributed by atoms with Gasteiger partial charge in [0.15, 0.2) is 11.5 Å². The summed E-state index contributed by atoms with van der Waals surface area (Å²) in [5, 5.41) is -1.14. The molecule has 0 aromatic heterocycles. The molecule has 34 heavy (non-hydrogen) atoms. The number of alkyl halides is 4. The Morgan fingerprint density at radius 3 is 2.15 bits per heavy atom. The van der Waals surface area contributed by atoms with Crippen molar-refractivity contribution in [2.75, 3.05) is 13.1 Å². The Balaban J connectivity index is 1.62. The van der Waals surface area contributed by atoms with Crippen LogP contribution in [0, 0.1) is 11.7 Å². The highest BCUT2D eigenvalue weighted by atomic mass is 35.5. The number of nitrogens with one attached hydrogen (secondary N) is 1. The van der Waals surface area contributed by atoms with E-state index in [0.717, 1.165) is 18.2 Å². The van der Waals surface area contributed by atoms with Crippen LogP contribution in [0.3, 0.4) is 0 Å². The number of rotatable bonds is 4. The minimum Gasteiger partial charge on any atom is -0.359 e. The monoisotopic (exact) mass is 536 g/mol. The van der Waals surface area contributed by atoms with Gasteiger partial charge in [0.2, 0.25) is 5.60 Å². The van der Waals surface area contributed by atoms with E-state index in [2.05, 4.69) is 5.48 Å². The standard InChI is InChI=1S/C23H19Cl2F5N2OS/c1-12(2)20(34)32-10-21(27,11-32)14-5-3-13(4-6-14)18-9-22(33-31-18,23(28,29)30)15-7-16(24)19(26)17(25)8-15/h3-9,12,31H,10-11H2,1-2H3. The molecule has 11 heteroatoms. The molecule has 2 aliphatic rings. The summed E-state index contributed by atoms with van der Waals surface area (Å²) in [6.45, 7) is 4.12. The van der Waals surface area contributed by atoms with Crippen LogP contribution in [-0.2, 0) is 16.1 Å². The number of likely N-dealkylation sites (tertiary alicyclic amines) is 1.